The molecule has 276 valence electrons. The Hall–Kier alpha value is -4.90. The van der Waals surface area contributed by atoms with Crippen LogP contribution in [0.5, 0.6) is 0 Å². The highest BCUT2D eigenvalue weighted by molar-refractivity contribution is 5.86. The average molecular weight is 702 g/mol. The van der Waals surface area contributed by atoms with Gasteiger partial charge in [-0.2, -0.15) is 0 Å². The Labute approximate surface area is 303 Å². The summed E-state index contributed by atoms with van der Waals surface area (Å²) in [5, 5.41) is 7.28. The van der Waals surface area contributed by atoms with Crippen LogP contribution in [0.1, 0.15) is 66.5 Å². The molecule has 0 spiro atoms. The zero-order valence-corrected chi connectivity index (χ0v) is 31.5. The van der Waals surface area contributed by atoms with Crippen molar-refractivity contribution in [2.75, 3.05) is 13.7 Å². The van der Waals surface area contributed by atoms with E-state index in [1.54, 1.807) is 38.9 Å². The minimum Gasteiger partial charge on any atom is -0.492 e. The van der Waals surface area contributed by atoms with Gasteiger partial charge in [0.05, 0.1) is 25.4 Å². The largest absolute Gasteiger partial charge is 0.492 e. The lowest BCUT2D eigenvalue weighted by atomic mass is 9.86. The van der Waals surface area contributed by atoms with Gasteiger partial charge in [0.25, 0.3) is 5.91 Å². The first-order valence-electron chi connectivity index (χ1n) is 17.2. The normalized spacial score (nSPS) is 14.0. The van der Waals surface area contributed by atoms with E-state index in [1.165, 1.54) is 7.11 Å². The van der Waals surface area contributed by atoms with Gasteiger partial charge in [0.1, 0.15) is 23.5 Å². The van der Waals surface area contributed by atoms with Crippen LogP contribution in [0.25, 0.3) is 11.3 Å². The number of pyridine rings is 1. The van der Waals surface area contributed by atoms with Crippen molar-refractivity contribution in [2.24, 2.45) is 11.3 Å². The maximum Gasteiger partial charge on any atom is 0.408 e. The SMILES string of the molecule is C=C(OC(CN(Cc1ccc(-c2ccccn2)cc1)NC(=O)C(NC(=O)OC)C(C)(C)C)C(C)Cc1ccccc1)C(C)NC(=O)OC(C)(C)C. The second kappa shape index (κ2) is 18.4. The van der Waals surface area contributed by atoms with Crippen LogP contribution in [0.15, 0.2) is 91.3 Å². The number of rotatable bonds is 15. The number of carbonyl (C=O) groups excluding carboxylic acids is 3. The van der Waals surface area contributed by atoms with Crippen molar-refractivity contribution >= 4 is 18.1 Å². The number of methoxy groups -OCH3 is 1. The molecule has 0 fully saturated rings. The predicted octanol–water partition coefficient (Wildman–Crippen LogP) is 7.04. The smallest absolute Gasteiger partial charge is 0.408 e. The van der Waals surface area contributed by atoms with Crippen molar-refractivity contribution in [2.45, 2.75) is 92.1 Å². The molecule has 0 saturated carbocycles. The third-order valence-electron chi connectivity index (χ3n) is 8.09. The second-order valence-electron chi connectivity index (χ2n) is 14.9. The number of benzene rings is 2. The lowest BCUT2D eigenvalue weighted by Gasteiger charge is -2.36. The van der Waals surface area contributed by atoms with Crippen molar-refractivity contribution in [3.8, 4) is 11.3 Å². The van der Waals surface area contributed by atoms with Gasteiger partial charge in [-0.1, -0.05) is 94.9 Å². The van der Waals surface area contributed by atoms with E-state index in [0.717, 1.165) is 22.4 Å². The number of aromatic nitrogens is 1. The molecule has 0 aliphatic rings. The lowest BCUT2D eigenvalue weighted by molar-refractivity contribution is -0.131. The first kappa shape index (κ1) is 40.5. The fourth-order valence-electron chi connectivity index (χ4n) is 5.29. The van der Waals surface area contributed by atoms with Gasteiger partial charge in [0.15, 0.2) is 0 Å². The molecular formula is C40H55N5O6. The third-order valence-corrected chi connectivity index (χ3v) is 8.09. The Bertz CT molecular complexity index is 1570. The van der Waals surface area contributed by atoms with E-state index in [-0.39, 0.29) is 12.5 Å². The van der Waals surface area contributed by atoms with Gasteiger partial charge >= 0.3 is 12.2 Å². The molecular weight excluding hydrogens is 646 g/mol. The molecule has 4 atom stereocenters. The van der Waals surface area contributed by atoms with E-state index >= 15 is 0 Å². The van der Waals surface area contributed by atoms with Crippen LogP contribution in [-0.4, -0.2) is 65.5 Å². The summed E-state index contributed by atoms with van der Waals surface area (Å²) < 4.78 is 16.8. The number of hydrogen-bond acceptors (Lipinski definition) is 8. The van der Waals surface area contributed by atoms with E-state index in [4.69, 9.17) is 14.2 Å². The average Bonchev–Trinajstić information content (AvgIpc) is 3.06. The molecule has 0 saturated heterocycles. The molecule has 3 rings (SSSR count). The van der Waals surface area contributed by atoms with Crippen LogP contribution in [0.4, 0.5) is 9.59 Å². The highest BCUT2D eigenvalue weighted by Crippen LogP contribution is 2.23. The van der Waals surface area contributed by atoms with Crippen LogP contribution >= 0.6 is 0 Å². The molecule has 2 aromatic carbocycles. The van der Waals surface area contributed by atoms with Crippen LogP contribution in [-0.2, 0) is 32.0 Å². The van der Waals surface area contributed by atoms with Gasteiger partial charge < -0.3 is 24.8 Å². The van der Waals surface area contributed by atoms with Crippen LogP contribution in [0, 0.1) is 11.3 Å². The molecule has 3 amide bonds. The number of alkyl carbamates (subject to hydrolysis) is 2. The summed E-state index contributed by atoms with van der Waals surface area (Å²) in [6, 6.07) is 22.3. The van der Waals surface area contributed by atoms with E-state index in [1.807, 2.05) is 81.4 Å². The number of nitrogens with zero attached hydrogens (tertiary/aromatic N) is 2. The molecule has 0 bridgehead atoms. The number of ether oxygens (including phenoxy) is 3. The molecule has 11 heteroatoms. The van der Waals surface area contributed by atoms with Crippen LogP contribution < -0.4 is 16.1 Å². The number of carbonyl (C=O) groups is 3. The monoisotopic (exact) mass is 701 g/mol. The van der Waals surface area contributed by atoms with Crippen molar-refractivity contribution in [3.05, 3.63) is 102 Å². The Balaban J connectivity index is 1.94. The number of hydrazine groups is 1. The van der Waals surface area contributed by atoms with Gasteiger partial charge in [-0.15, -0.1) is 0 Å². The first-order chi connectivity index (χ1) is 23.9. The number of nitrogens with one attached hydrogen (secondary N) is 3. The third kappa shape index (κ3) is 13.7. The molecule has 1 heterocycles. The van der Waals surface area contributed by atoms with Gasteiger partial charge in [-0.05, 0) is 68.7 Å². The maximum absolute atomic E-state index is 13.9. The highest BCUT2D eigenvalue weighted by Gasteiger charge is 2.35. The Morgan fingerprint density at radius 2 is 1.49 bits per heavy atom. The molecule has 4 unspecified atom stereocenters. The zero-order valence-electron chi connectivity index (χ0n) is 31.5. The molecule has 1 aromatic heterocycles. The minimum atomic E-state index is -0.909. The van der Waals surface area contributed by atoms with Crippen molar-refractivity contribution in [1.29, 1.82) is 0 Å². The molecule has 0 aliphatic heterocycles. The Morgan fingerprint density at radius 3 is 2.06 bits per heavy atom. The van der Waals surface area contributed by atoms with Crippen molar-refractivity contribution in [3.63, 3.8) is 0 Å². The second-order valence-corrected chi connectivity index (χ2v) is 14.9. The first-order valence-corrected chi connectivity index (χ1v) is 17.2. The number of hydrogen-bond donors (Lipinski definition) is 3. The Morgan fingerprint density at radius 1 is 0.843 bits per heavy atom. The summed E-state index contributed by atoms with van der Waals surface area (Å²) in [5.41, 5.74) is 5.64. The van der Waals surface area contributed by atoms with Gasteiger partial charge in [-0.3, -0.25) is 15.2 Å². The van der Waals surface area contributed by atoms with Gasteiger partial charge in [-0.25, -0.2) is 14.6 Å². The van der Waals surface area contributed by atoms with Gasteiger partial charge in [0.2, 0.25) is 0 Å². The molecule has 11 nitrogen and oxygen atoms in total. The Kier molecular flexibility index (Phi) is 14.6. The predicted molar refractivity (Wildman–Crippen MR) is 199 cm³/mol. The lowest BCUT2D eigenvalue weighted by Crippen LogP contribution is -2.58. The van der Waals surface area contributed by atoms with Crippen LogP contribution in [0.3, 0.4) is 0 Å². The molecule has 0 radical (unpaired) electrons. The quantitative estimate of drug-likeness (QED) is 0.114. The summed E-state index contributed by atoms with van der Waals surface area (Å²) in [5.74, 6) is -0.127. The van der Waals surface area contributed by atoms with Gasteiger partial charge in [0, 0.05) is 18.3 Å². The minimum absolute atomic E-state index is 0.0598. The molecule has 0 aliphatic carbocycles. The molecule has 3 N–H and O–H groups in total. The highest BCUT2D eigenvalue weighted by atomic mass is 16.6. The molecule has 51 heavy (non-hydrogen) atoms. The summed E-state index contributed by atoms with van der Waals surface area (Å²) in [7, 11) is 1.26. The van der Waals surface area contributed by atoms with E-state index < -0.39 is 47.3 Å². The molecule has 3 aromatic rings. The van der Waals surface area contributed by atoms with E-state index in [0.29, 0.717) is 18.7 Å². The number of amides is 3. The van der Waals surface area contributed by atoms with Crippen molar-refractivity contribution in [1.82, 2.24) is 26.1 Å². The van der Waals surface area contributed by atoms with Crippen molar-refractivity contribution < 1.29 is 28.6 Å². The standard InChI is InChI=1S/C40H55N5O6/c1-27(24-30-16-12-11-13-17-30)34(50-29(3)28(2)42-38(48)51-40(7,8)9)26-45(44-36(46)35(39(4,5)6)43-37(47)49-10)25-31-19-21-32(22-20-31)33-18-14-15-23-41-33/h11-23,27-28,34-35H,3,24-26H2,1-2,4-10H3,(H,42,48)(H,43,47)(H,44,46). The maximum atomic E-state index is 13.9. The fourth-order valence-corrected chi connectivity index (χ4v) is 5.29. The summed E-state index contributed by atoms with van der Waals surface area (Å²) in [6.07, 6.45) is 0.658. The summed E-state index contributed by atoms with van der Waals surface area (Å²) in [4.78, 5) is 43.2. The van der Waals surface area contributed by atoms with E-state index in [2.05, 4.69) is 46.7 Å². The summed E-state index contributed by atoms with van der Waals surface area (Å²) in [6.45, 7) is 19.6. The fraction of sp³-hybridized carbons (Fsp3) is 0.450. The zero-order chi connectivity index (χ0) is 37.8. The van der Waals surface area contributed by atoms with E-state index in [9.17, 15) is 14.4 Å². The summed E-state index contributed by atoms with van der Waals surface area (Å²) >= 11 is 0. The topological polar surface area (TPSA) is 131 Å². The van der Waals surface area contributed by atoms with Crippen LogP contribution in [0.2, 0.25) is 0 Å².